The highest BCUT2D eigenvalue weighted by Gasteiger charge is 2.44. The summed E-state index contributed by atoms with van der Waals surface area (Å²) < 4.78 is 6.56. The number of rotatable bonds is 6. The second-order valence-electron chi connectivity index (χ2n) is 11.3. The number of piperidine rings is 1. The summed E-state index contributed by atoms with van der Waals surface area (Å²) in [6.07, 6.45) is 9.33. The molecule has 1 atom stereocenters. The summed E-state index contributed by atoms with van der Waals surface area (Å²) >= 11 is 0. The van der Waals surface area contributed by atoms with Crippen molar-refractivity contribution in [3.05, 3.63) is 59.7 Å². The summed E-state index contributed by atoms with van der Waals surface area (Å²) in [5.41, 5.74) is 2.89. The van der Waals surface area contributed by atoms with Gasteiger partial charge in [-0.2, -0.15) is 0 Å². The van der Waals surface area contributed by atoms with Crippen LogP contribution in [-0.4, -0.2) is 53.4 Å². The molecule has 6 nitrogen and oxygen atoms in total. The average Bonchev–Trinajstić information content (AvgIpc) is 2.90. The van der Waals surface area contributed by atoms with Gasteiger partial charge in [0.05, 0.1) is 0 Å². The van der Waals surface area contributed by atoms with E-state index in [1.165, 1.54) is 37.7 Å². The smallest absolute Gasteiger partial charge is 0.224 e. The van der Waals surface area contributed by atoms with E-state index in [1.807, 2.05) is 35.2 Å². The van der Waals surface area contributed by atoms with Gasteiger partial charge in [-0.25, -0.2) is 0 Å². The number of hydrogen-bond donors (Lipinski definition) is 1. The van der Waals surface area contributed by atoms with E-state index in [0.29, 0.717) is 25.6 Å². The van der Waals surface area contributed by atoms with Gasteiger partial charge < -0.3 is 15.0 Å². The zero-order valence-corrected chi connectivity index (χ0v) is 22.4. The lowest BCUT2D eigenvalue weighted by Crippen LogP contribution is -2.51. The van der Waals surface area contributed by atoms with Crippen LogP contribution >= 0.6 is 0 Å². The lowest BCUT2D eigenvalue weighted by molar-refractivity contribution is -0.132. The van der Waals surface area contributed by atoms with E-state index in [4.69, 9.17) is 4.74 Å². The molecule has 5 rings (SSSR count). The summed E-state index contributed by atoms with van der Waals surface area (Å²) in [6, 6.07) is 17.0. The van der Waals surface area contributed by atoms with Crippen LogP contribution in [0.4, 0.5) is 5.69 Å². The van der Waals surface area contributed by atoms with Gasteiger partial charge >= 0.3 is 0 Å². The third-order valence-corrected chi connectivity index (χ3v) is 8.76. The zero-order chi connectivity index (χ0) is 25.8. The van der Waals surface area contributed by atoms with Gasteiger partial charge in [0, 0.05) is 63.5 Å². The van der Waals surface area contributed by atoms with Crippen molar-refractivity contribution in [2.24, 2.45) is 0 Å². The molecule has 1 N–H and O–H groups in total. The first-order valence-electron chi connectivity index (χ1n) is 14.0. The lowest BCUT2D eigenvalue weighted by Gasteiger charge is -2.46. The second-order valence-corrected chi connectivity index (χ2v) is 11.3. The molecule has 2 amide bonds. The molecule has 0 bridgehead atoms. The summed E-state index contributed by atoms with van der Waals surface area (Å²) in [5.74, 6) is 1.14. The van der Waals surface area contributed by atoms with Crippen LogP contribution in [0.5, 0.6) is 5.75 Å². The van der Waals surface area contributed by atoms with Gasteiger partial charge in [-0.1, -0.05) is 55.7 Å². The second kappa shape index (κ2) is 11.3. The molecule has 2 aromatic carbocycles. The average molecular weight is 504 g/mol. The summed E-state index contributed by atoms with van der Waals surface area (Å²) in [7, 11) is 2.21. The van der Waals surface area contributed by atoms with Gasteiger partial charge in [-0.05, 0) is 49.6 Å². The molecular weight excluding hydrogens is 462 g/mol. The SMILES string of the molecule is CC(=O)N1CCC2(CC1)C[C@@H](CC(=O)Nc1ccccc1CN(C)C1CCCCC1)c1ccccc1O2. The van der Waals surface area contributed by atoms with Crippen molar-refractivity contribution >= 4 is 17.5 Å². The first-order valence-corrected chi connectivity index (χ1v) is 14.0. The fourth-order valence-corrected chi connectivity index (χ4v) is 6.59. The van der Waals surface area contributed by atoms with E-state index >= 15 is 0 Å². The van der Waals surface area contributed by atoms with Gasteiger partial charge in [0.2, 0.25) is 11.8 Å². The Bertz CT molecular complexity index is 1100. The van der Waals surface area contributed by atoms with E-state index in [2.05, 4.69) is 35.5 Å². The molecule has 37 heavy (non-hydrogen) atoms. The minimum Gasteiger partial charge on any atom is -0.487 e. The molecule has 1 saturated carbocycles. The number of ether oxygens (including phenoxy) is 1. The number of carbonyl (C=O) groups is 2. The van der Waals surface area contributed by atoms with Gasteiger partial charge in [-0.15, -0.1) is 0 Å². The number of para-hydroxylation sites is 2. The van der Waals surface area contributed by atoms with E-state index in [0.717, 1.165) is 42.8 Å². The van der Waals surface area contributed by atoms with Crippen molar-refractivity contribution in [3.63, 3.8) is 0 Å². The predicted molar refractivity (Wildman–Crippen MR) is 147 cm³/mol. The standard InChI is InChI=1S/C31H41N3O3/c1-23(35)34-18-16-31(17-19-34)21-25(27-13-7-9-15-29(27)37-31)20-30(36)32-28-14-8-6-10-24(28)22-33(2)26-11-4-3-5-12-26/h6-10,13-15,25-26H,3-5,11-12,16-22H2,1-2H3,(H,32,36)/t25-/m1/s1. The van der Waals surface area contributed by atoms with Gasteiger partial charge in [0.25, 0.3) is 0 Å². The maximum atomic E-state index is 13.4. The Labute approximate surface area is 221 Å². The molecule has 2 aromatic rings. The maximum Gasteiger partial charge on any atom is 0.224 e. The van der Waals surface area contributed by atoms with Crippen LogP contribution in [0, 0.1) is 0 Å². The minimum absolute atomic E-state index is 0.0470. The van der Waals surface area contributed by atoms with E-state index < -0.39 is 0 Å². The van der Waals surface area contributed by atoms with Crippen LogP contribution in [0.25, 0.3) is 0 Å². The zero-order valence-electron chi connectivity index (χ0n) is 22.4. The van der Waals surface area contributed by atoms with Crippen LogP contribution in [0.2, 0.25) is 0 Å². The summed E-state index contributed by atoms with van der Waals surface area (Å²) in [6.45, 7) is 3.89. The Morgan fingerprint density at radius 1 is 1.03 bits per heavy atom. The fraction of sp³-hybridized carbons (Fsp3) is 0.548. The molecule has 0 unspecified atom stereocenters. The van der Waals surface area contributed by atoms with Crippen molar-refractivity contribution in [2.45, 2.75) is 88.8 Å². The highest BCUT2D eigenvalue weighted by Crippen LogP contribution is 2.46. The Morgan fingerprint density at radius 2 is 1.73 bits per heavy atom. The van der Waals surface area contributed by atoms with Crippen molar-refractivity contribution in [2.75, 3.05) is 25.5 Å². The number of nitrogens with zero attached hydrogens (tertiary/aromatic N) is 2. The molecule has 0 aromatic heterocycles. The van der Waals surface area contributed by atoms with Crippen molar-refractivity contribution in [1.29, 1.82) is 0 Å². The Kier molecular flexibility index (Phi) is 7.84. The largest absolute Gasteiger partial charge is 0.487 e. The van der Waals surface area contributed by atoms with Crippen molar-refractivity contribution < 1.29 is 14.3 Å². The highest BCUT2D eigenvalue weighted by molar-refractivity contribution is 5.92. The quantitative estimate of drug-likeness (QED) is 0.547. The molecule has 1 aliphatic carbocycles. The topological polar surface area (TPSA) is 61.9 Å². The van der Waals surface area contributed by atoms with Crippen LogP contribution in [0.3, 0.4) is 0 Å². The minimum atomic E-state index is -0.314. The number of fused-ring (bicyclic) bond motifs is 1. The molecule has 2 fully saturated rings. The predicted octanol–water partition coefficient (Wildman–Crippen LogP) is 5.73. The Balaban J connectivity index is 1.27. The molecule has 3 aliphatic rings. The number of nitrogens with one attached hydrogen (secondary N) is 1. The van der Waals surface area contributed by atoms with Gasteiger partial charge in [0.1, 0.15) is 11.4 Å². The number of amides is 2. The third kappa shape index (κ3) is 6.01. The van der Waals surface area contributed by atoms with Crippen molar-refractivity contribution in [1.82, 2.24) is 9.80 Å². The van der Waals surface area contributed by atoms with Crippen molar-refractivity contribution in [3.8, 4) is 5.75 Å². The monoisotopic (exact) mass is 503 g/mol. The van der Waals surface area contributed by atoms with E-state index in [-0.39, 0.29) is 23.3 Å². The Morgan fingerprint density at radius 3 is 2.49 bits per heavy atom. The summed E-state index contributed by atoms with van der Waals surface area (Å²) in [5, 5.41) is 3.25. The van der Waals surface area contributed by atoms with Gasteiger partial charge in [0.15, 0.2) is 0 Å². The van der Waals surface area contributed by atoms with Crippen LogP contribution < -0.4 is 10.1 Å². The first kappa shape index (κ1) is 25.8. The number of anilines is 1. The molecule has 198 valence electrons. The fourth-order valence-electron chi connectivity index (χ4n) is 6.59. The van der Waals surface area contributed by atoms with Gasteiger partial charge in [-0.3, -0.25) is 14.5 Å². The van der Waals surface area contributed by atoms with Crippen LogP contribution in [0.15, 0.2) is 48.5 Å². The lowest BCUT2D eigenvalue weighted by atomic mass is 9.76. The number of hydrogen-bond acceptors (Lipinski definition) is 4. The highest BCUT2D eigenvalue weighted by atomic mass is 16.5. The molecular formula is C31H41N3O3. The van der Waals surface area contributed by atoms with E-state index in [1.54, 1.807) is 6.92 Å². The number of benzene rings is 2. The first-order chi connectivity index (χ1) is 17.9. The number of likely N-dealkylation sites (tertiary alicyclic amines) is 1. The van der Waals surface area contributed by atoms with Crippen LogP contribution in [-0.2, 0) is 16.1 Å². The molecule has 6 heteroatoms. The maximum absolute atomic E-state index is 13.4. The van der Waals surface area contributed by atoms with Crippen LogP contribution in [0.1, 0.15) is 81.8 Å². The molecule has 1 spiro atoms. The summed E-state index contributed by atoms with van der Waals surface area (Å²) in [4.78, 5) is 29.6. The molecule has 2 aliphatic heterocycles. The molecule has 1 saturated heterocycles. The normalized spacial score (nSPS) is 21.4. The molecule has 2 heterocycles. The third-order valence-electron chi connectivity index (χ3n) is 8.76. The molecule has 0 radical (unpaired) electrons. The Hall–Kier alpha value is -2.86. The number of carbonyl (C=O) groups excluding carboxylic acids is 2. The van der Waals surface area contributed by atoms with E-state index in [9.17, 15) is 9.59 Å².